The Kier molecular flexibility index (Phi) is 7.40. The standard InChI is InChI=1S/C28H25FN6O2.C2H6.H2/c1-17-15-30-24-11-12-25(33-35(17)24)34-16-22(14-23(34)20-9-6-10-21(29)13-20)31-27(36)26-18(2)37-28(32-26)19-7-4-3-5-8-19;1-2;/h3-13,15,22-23H,14,16H2,1-2H3,(H,31,36);1-2H3;1H/t22?,23-;;/m1../s1. The number of nitrogens with one attached hydrogen (secondary N) is 1. The second-order valence-corrected chi connectivity index (χ2v) is 9.28. The van der Waals surface area contributed by atoms with Crippen molar-refractivity contribution in [2.75, 3.05) is 11.4 Å². The Morgan fingerprint density at radius 1 is 1.08 bits per heavy atom. The van der Waals surface area contributed by atoms with Crippen LogP contribution in [0.1, 0.15) is 55.2 Å². The van der Waals surface area contributed by atoms with E-state index < -0.39 is 0 Å². The number of aryl methyl sites for hydroxylation is 2. The van der Waals surface area contributed by atoms with Crippen molar-refractivity contribution in [1.29, 1.82) is 0 Å². The first-order valence-corrected chi connectivity index (χ1v) is 13.1. The molecule has 1 aliphatic heterocycles. The van der Waals surface area contributed by atoms with Crippen LogP contribution in [0.4, 0.5) is 10.2 Å². The van der Waals surface area contributed by atoms with Crippen molar-refractivity contribution in [3.05, 3.63) is 101 Å². The Labute approximate surface area is 228 Å². The predicted molar refractivity (Wildman–Crippen MR) is 150 cm³/mol. The first kappa shape index (κ1) is 26.1. The maximum absolute atomic E-state index is 14.2. The second kappa shape index (κ2) is 11.1. The fraction of sp³-hybridized carbons (Fsp3) is 0.267. The molecule has 0 spiro atoms. The van der Waals surface area contributed by atoms with Crippen LogP contribution in [0.25, 0.3) is 17.1 Å². The average Bonchev–Trinajstić information content (AvgIpc) is 3.67. The number of imidazole rings is 1. The Hall–Kier alpha value is -4.53. The van der Waals surface area contributed by atoms with Gasteiger partial charge in [0.15, 0.2) is 11.3 Å². The zero-order chi connectivity index (χ0) is 27.5. The monoisotopic (exact) mass is 528 g/mol. The van der Waals surface area contributed by atoms with Gasteiger partial charge in [-0.1, -0.05) is 44.2 Å². The van der Waals surface area contributed by atoms with E-state index in [1.165, 1.54) is 12.1 Å². The minimum absolute atomic E-state index is 0. The Morgan fingerprint density at radius 2 is 1.87 bits per heavy atom. The lowest BCUT2D eigenvalue weighted by Gasteiger charge is -2.26. The molecule has 3 aromatic heterocycles. The third-order valence-corrected chi connectivity index (χ3v) is 6.72. The minimum Gasteiger partial charge on any atom is -0.441 e. The molecule has 6 rings (SSSR count). The number of benzene rings is 2. The zero-order valence-corrected chi connectivity index (χ0v) is 22.4. The summed E-state index contributed by atoms with van der Waals surface area (Å²) in [6, 6.07) is 19.5. The summed E-state index contributed by atoms with van der Waals surface area (Å²) in [5, 5.41) is 7.90. The molecule has 39 heavy (non-hydrogen) atoms. The molecule has 2 aromatic carbocycles. The summed E-state index contributed by atoms with van der Waals surface area (Å²) < 4.78 is 21.7. The van der Waals surface area contributed by atoms with E-state index in [9.17, 15) is 9.18 Å². The van der Waals surface area contributed by atoms with Crippen LogP contribution in [-0.2, 0) is 0 Å². The third-order valence-electron chi connectivity index (χ3n) is 6.72. The van der Waals surface area contributed by atoms with Crippen molar-refractivity contribution in [3.8, 4) is 11.5 Å². The Balaban J connectivity index is 0.00000121. The highest BCUT2D eigenvalue weighted by atomic mass is 19.1. The highest BCUT2D eigenvalue weighted by Gasteiger charge is 2.36. The number of carbonyl (C=O) groups excluding carboxylic acids is 1. The number of amides is 1. The van der Waals surface area contributed by atoms with Gasteiger partial charge in [0, 0.05) is 19.6 Å². The molecule has 9 heteroatoms. The fourth-order valence-electron chi connectivity index (χ4n) is 4.92. The fourth-order valence-corrected chi connectivity index (χ4v) is 4.92. The number of rotatable bonds is 5. The minimum atomic E-state index is -0.304. The van der Waals surface area contributed by atoms with E-state index >= 15 is 0 Å². The lowest BCUT2D eigenvalue weighted by atomic mass is 10.0. The van der Waals surface area contributed by atoms with Crippen LogP contribution >= 0.6 is 0 Å². The molecule has 1 unspecified atom stereocenters. The SMILES string of the molecule is CC.Cc1oc(-c2ccccc2)nc1C(=O)NC1C[C@H](c2cccc(F)c2)N(c2ccc3ncc(C)n3n2)C1.[HH]. The average molecular weight is 529 g/mol. The molecule has 4 heterocycles. The predicted octanol–water partition coefficient (Wildman–Crippen LogP) is 6.16. The van der Waals surface area contributed by atoms with Gasteiger partial charge in [-0.15, -0.1) is 5.10 Å². The van der Waals surface area contributed by atoms with E-state index in [2.05, 4.69) is 20.2 Å². The van der Waals surface area contributed by atoms with Crippen LogP contribution in [0.2, 0.25) is 0 Å². The molecule has 0 aliphatic carbocycles. The smallest absolute Gasteiger partial charge is 0.273 e. The van der Waals surface area contributed by atoms with E-state index in [1.807, 2.05) is 69.3 Å². The molecule has 5 aromatic rings. The molecular weight excluding hydrogens is 495 g/mol. The number of carbonyl (C=O) groups is 1. The van der Waals surface area contributed by atoms with Gasteiger partial charge in [-0.25, -0.2) is 18.9 Å². The topological polar surface area (TPSA) is 88.6 Å². The van der Waals surface area contributed by atoms with Gasteiger partial charge >= 0.3 is 0 Å². The van der Waals surface area contributed by atoms with E-state index in [4.69, 9.17) is 9.52 Å². The summed E-state index contributed by atoms with van der Waals surface area (Å²) in [4.78, 5) is 24.2. The van der Waals surface area contributed by atoms with Gasteiger partial charge in [0.05, 0.1) is 17.9 Å². The van der Waals surface area contributed by atoms with Gasteiger partial charge in [0.1, 0.15) is 17.4 Å². The lowest BCUT2D eigenvalue weighted by molar-refractivity contribution is 0.0934. The van der Waals surface area contributed by atoms with E-state index in [0.29, 0.717) is 24.6 Å². The summed E-state index contributed by atoms with van der Waals surface area (Å²) >= 11 is 0. The molecule has 202 valence electrons. The van der Waals surface area contributed by atoms with Crippen molar-refractivity contribution < 1.29 is 15.0 Å². The molecule has 0 radical (unpaired) electrons. The normalized spacial score (nSPS) is 16.7. The number of nitrogens with zero attached hydrogens (tertiary/aromatic N) is 5. The maximum atomic E-state index is 14.2. The van der Waals surface area contributed by atoms with E-state index in [1.54, 1.807) is 23.7 Å². The van der Waals surface area contributed by atoms with Crippen LogP contribution < -0.4 is 10.2 Å². The van der Waals surface area contributed by atoms with Crippen molar-refractivity contribution in [1.82, 2.24) is 24.9 Å². The molecule has 1 amide bonds. The maximum Gasteiger partial charge on any atom is 0.273 e. The van der Waals surface area contributed by atoms with Gasteiger partial charge in [0.2, 0.25) is 5.89 Å². The summed E-state index contributed by atoms with van der Waals surface area (Å²) in [5.41, 5.74) is 3.56. The molecular formula is C30H33FN6O2. The Morgan fingerprint density at radius 3 is 2.64 bits per heavy atom. The summed E-state index contributed by atoms with van der Waals surface area (Å²) in [6.07, 6.45) is 2.35. The number of hydrogen-bond acceptors (Lipinski definition) is 6. The van der Waals surface area contributed by atoms with Crippen LogP contribution in [0.3, 0.4) is 0 Å². The molecule has 2 atom stereocenters. The van der Waals surface area contributed by atoms with Gasteiger partial charge in [-0.3, -0.25) is 4.79 Å². The van der Waals surface area contributed by atoms with Crippen molar-refractivity contribution in [2.24, 2.45) is 0 Å². The van der Waals surface area contributed by atoms with Crippen molar-refractivity contribution >= 4 is 17.4 Å². The number of anilines is 1. The molecule has 1 aliphatic rings. The molecule has 1 fully saturated rings. The highest BCUT2D eigenvalue weighted by molar-refractivity contribution is 5.94. The highest BCUT2D eigenvalue weighted by Crippen LogP contribution is 2.36. The third kappa shape index (κ3) is 5.25. The lowest BCUT2D eigenvalue weighted by Crippen LogP contribution is -2.37. The molecule has 0 saturated carbocycles. The van der Waals surface area contributed by atoms with Crippen LogP contribution in [0.15, 0.2) is 77.3 Å². The molecule has 1 N–H and O–H groups in total. The quantitative estimate of drug-likeness (QED) is 0.294. The molecule has 0 bridgehead atoms. The molecule has 1 saturated heterocycles. The first-order valence-electron chi connectivity index (χ1n) is 13.1. The van der Waals surface area contributed by atoms with Crippen molar-refractivity contribution in [3.63, 3.8) is 0 Å². The zero-order valence-electron chi connectivity index (χ0n) is 22.4. The Bertz CT molecular complexity index is 1600. The number of hydrogen-bond donors (Lipinski definition) is 1. The van der Waals surface area contributed by atoms with E-state index in [0.717, 1.165) is 28.3 Å². The van der Waals surface area contributed by atoms with Crippen molar-refractivity contribution in [2.45, 2.75) is 46.2 Å². The summed E-state index contributed by atoms with van der Waals surface area (Å²) in [6.45, 7) is 8.18. The van der Waals surface area contributed by atoms with Crippen LogP contribution in [0, 0.1) is 19.7 Å². The number of oxazole rings is 1. The van der Waals surface area contributed by atoms with Crippen LogP contribution in [0.5, 0.6) is 0 Å². The van der Waals surface area contributed by atoms with Gasteiger partial charge < -0.3 is 14.6 Å². The number of aromatic nitrogens is 4. The summed E-state index contributed by atoms with van der Waals surface area (Å²) in [7, 11) is 0. The molecule has 8 nitrogen and oxygen atoms in total. The number of fused-ring (bicyclic) bond motifs is 1. The first-order chi connectivity index (χ1) is 19.0. The largest absolute Gasteiger partial charge is 0.441 e. The van der Waals surface area contributed by atoms with Gasteiger partial charge in [-0.05, 0) is 62.2 Å². The van der Waals surface area contributed by atoms with E-state index in [-0.39, 0.29) is 30.9 Å². The second-order valence-electron chi connectivity index (χ2n) is 9.28. The van der Waals surface area contributed by atoms with Crippen LogP contribution in [-0.4, -0.2) is 38.1 Å². The van der Waals surface area contributed by atoms with Gasteiger partial charge in [-0.2, -0.15) is 0 Å². The van der Waals surface area contributed by atoms with Gasteiger partial charge in [0.25, 0.3) is 5.91 Å². The number of halogens is 1. The summed E-state index contributed by atoms with van der Waals surface area (Å²) in [5.74, 6) is 0.980.